The van der Waals surface area contributed by atoms with Gasteiger partial charge in [-0.2, -0.15) is 5.10 Å². The van der Waals surface area contributed by atoms with Gasteiger partial charge in [0.2, 0.25) is 0 Å². The van der Waals surface area contributed by atoms with Crippen LogP contribution in [0.4, 0.5) is 5.82 Å². The molecule has 1 aliphatic heterocycles. The summed E-state index contributed by atoms with van der Waals surface area (Å²) in [5.41, 5.74) is 0.755. The molecule has 3 heterocycles. The van der Waals surface area contributed by atoms with Gasteiger partial charge in [-0.15, -0.1) is 0 Å². The zero-order valence-corrected chi connectivity index (χ0v) is 12.9. The number of nitrogens with one attached hydrogen (secondary N) is 1. The third-order valence-corrected chi connectivity index (χ3v) is 4.38. The Morgan fingerprint density at radius 3 is 3.05 bits per heavy atom. The molecule has 1 aliphatic rings. The zero-order valence-electron chi connectivity index (χ0n) is 11.3. The summed E-state index contributed by atoms with van der Waals surface area (Å²) in [6, 6.07) is 0. The minimum absolute atomic E-state index is 0.181. The second kappa shape index (κ2) is 5.67. The second-order valence-corrected chi connectivity index (χ2v) is 5.77. The lowest BCUT2D eigenvalue weighted by atomic mass is 9.94. The molecule has 0 atom stereocenters. The van der Waals surface area contributed by atoms with Crippen LogP contribution in [0.2, 0.25) is 0 Å². The highest BCUT2D eigenvalue weighted by molar-refractivity contribution is 9.10. The maximum atomic E-state index is 5.72. The molecule has 1 N–H and O–H groups in total. The number of nitrogens with zero attached hydrogens (tertiary/aromatic N) is 3. The van der Waals surface area contributed by atoms with E-state index in [9.17, 15) is 0 Å². The van der Waals surface area contributed by atoms with E-state index in [2.05, 4.69) is 31.3 Å². The number of aromatic nitrogens is 3. The van der Waals surface area contributed by atoms with Crippen molar-refractivity contribution in [2.45, 2.75) is 18.4 Å². The molecule has 0 spiro atoms. The van der Waals surface area contributed by atoms with E-state index in [-0.39, 0.29) is 5.60 Å². The number of ether oxygens (including phenoxy) is 2. The van der Waals surface area contributed by atoms with Gasteiger partial charge in [0.15, 0.2) is 5.82 Å². The minimum Gasteiger partial charge on any atom is -0.381 e. The lowest BCUT2D eigenvalue weighted by molar-refractivity contribution is -0.0807. The van der Waals surface area contributed by atoms with Crippen LogP contribution in [-0.2, 0) is 9.47 Å². The second-order valence-electron chi connectivity index (χ2n) is 4.91. The van der Waals surface area contributed by atoms with Gasteiger partial charge < -0.3 is 14.8 Å². The Bertz CT molecular complexity index is 595. The normalized spacial score (nSPS) is 18.3. The summed E-state index contributed by atoms with van der Waals surface area (Å²) in [7, 11) is 1.76. The molecule has 1 saturated heterocycles. The molecule has 0 aromatic carbocycles. The molecule has 0 saturated carbocycles. The van der Waals surface area contributed by atoms with Crippen LogP contribution >= 0.6 is 15.9 Å². The molecule has 20 heavy (non-hydrogen) atoms. The van der Waals surface area contributed by atoms with E-state index < -0.39 is 0 Å². The third-order valence-electron chi connectivity index (χ3n) is 3.80. The van der Waals surface area contributed by atoms with Gasteiger partial charge in [0, 0.05) is 52.1 Å². The van der Waals surface area contributed by atoms with Gasteiger partial charge in [0.1, 0.15) is 5.52 Å². The molecule has 3 rings (SSSR count). The molecule has 0 aliphatic carbocycles. The maximum absolute atomic E-state index is 5.72. The SMILES string of the molecule is COC1(CNc2nccn3ncc(Br)c23)CCOCC1. The summed E-state index contributed by atoms with van der Waals surface area (Å²) in [5.74, 6) is 0.805. The number of anilines is 1. The van der Waals surface area contributed by atoms with E-state index in [1.54, 1.807) is 24.0 Å². The van der Waals surface area contributed by atoms with Crippen LogP contribution < -0.4 is 5.32 Å². The molecule has 6 nitrogen and oxygen atoms in total. The fraction of sp³-hybridized carbons (Fsp3) is 0.538. The number of fused-ring (bicyclic) bond motifs is 1. The summed E-state index contributed by atoms with van der Waals surface area (Å²) in [6.45, 7) is 2.18. The van der Waals surface area contributed by atoms with E-state index in [1.165, 1.54) is 0 Å². The Kier molecular flexibility index (Phi) is 3.91. The van der Waals surface area contributed by atoms with Crippen LogP contribution in [0.15, 0.2) is 23.1 Å². The van der Waals surface area contributed by atoms with Gasteiger partial charge in [0.25, 0.3) is 0 Å². The molecular weight excluding hydrogens is 324 g/mol. The molecule has 0 bridgehead atoms. The highest BCUT2D eigenvalue weighted by Crippen LogP contribution is 2.27. The number of hydrogen-bond acceptors (Lipinski definition) is 5. The summed E-state index contributed by atoms with van der Waals surface area (Å²) in [4.78, 5) is 4.40. The van der Waals surface area contributed by atoms with Crippen LogP contribution in [0.3, 0.4) is 0 Å². The Hall–Kier alpha value is -1.18. The first-order chi connectivity index (χ1) is 9.74. The van der Waals surface area contributed by atoms with Gasteiger partial charge in [0.05, 0.1) is 16.3 Å². The largest absolute Gasteiger partial charge is 0.381 e. The molecule has 2 aromatic heterocycles. The molecule has 2 aromatic rings. The van der Waals surface area contributed by atoms with Crippen LogP contribution in [0, 0.1) is 0 Å². The van der Waals surface area contributed by atoms with Crippen molar-refractivity contribution in [3.8, 4) is 0 Å². The predicted molar refractivity (Wildman–Crippen MR) is 79.0 cm³/mol. The van der Waals surface area contributed by atoms with Crippen molar-refractivity contribution in [2.75, 3.05) is 32.2 Å². The standard InChI is InChI=1S/C13H17BrN4O2/c1-19-13(2-6-20-7-3-13)9-16-12-11-10(14)8-17-18(11)5-4-15-12/h4-5,8H,2-3,6-7,9H2,1H3,(H,15,16). The average molecular weight is 341 g/mol. The zero-order chi connectivity index (χ0) is 14.0. The van der Waals surface area contributed by atoms with Gasteiger partial charge in [-0.3, -0.25) is 0 Å². The Morgan fingerprint density at radius 1 is 1.50 bits per heavy atom. The third kappa shape index (κ3) is 2.53. The average Bonchev–Trinajstić information content (AvgIpc) is 2.88. The highest BCUT2D eigenvalue weighted by Gasteiger charge is 2.32. The molecule has 0 amide bonds. The Balaban J connectivity index is 1.81. The van der Waals surface area contributed by atoms with Crippen molar-refractivity contribution >= 4 is 27.3 Å². The fourth-order valence-corrected chi connectivity index (χ4v) is 2.94. The Labute approximate surface area is 125 Å². The van der Waals surface area contributed by atoms with E-state index in [0.717, 1.165) is 41.9 Å². The highest BCUT2D eigenvalue weighted by atomic mass is 79.9. The van der Waals surface area contributed by atoms with Crippen LogP contribution in [0.1, 0.15) is 12.8 Å². The molecule has 108 valence electrons. The monoisotopic (exact) mass is 340 g/mol. The lowest BCUT2D eigenvalue weighted by Crippen LogP contribution is -2.44. The minimum atomic E-state index is -0.181. The van der Waals surface area contributed by atoms with Crippen LogP contribution in [-0.4, -0.2) is 47.1 Å². The van der Waals surface area contributed by atoms with Gasteiger partial charge >= 0.3 is 0 Å². The summed E-state index contributed by atoms with van der Waals surface area (Å²) >= 11 is 3.50. The van der Waals surface area contributed by atoms with Crippen molar-refractivity contribution in [3.63, 3.8) is 0 Å². The van der Waals surface area contributed by atoms with Gasteiger partial charge in [-0.05, 0) is 15.9 Å². The van der Waals surface area contributed by atoms with E-state index in [0.29, 0.717) is 6.54 Å². The van der Waals surface area contributed by atoms with E-state index in [4.69, 9.17) is 9.47 Å². The molecule has 0 radical (unpaired) electrons. The number of halogens is 1. The van der Waals surface area contributed by atoms with Crippen molar-refractivity contribution in [3.05, 3.63) is 23.1 Å². The van der Waals surface area contributed by atoms with Crippen molar-refractivity contribution in [1.29, 1.82) is 0 Å². The van der Waals surface area contributed by atoms with Gasteiger partial charge in [-0.1, -0.05) is 0 Å². The number of methoxy groups -OCH3 is 1. The molecular formula is C13H17BrN4O2. The maximum Gasteiger partial charge on any atom is 0.153 e. The van der Waals surface area contributed by atoms with Crippen LogP contribution in [0.5, 0.6) is 0 Å². The lowest BCUT2D eigenvalue weighted by Gasteiger charge is -2.36. The first-order valence-electron chi connectivity index (χ1n) is 6.59. The summed E-state index contributed by atoms with van der Waals surface area (Å²) in [6.07, 6.45) is 7.10. The quantitative estimate of drug-likeness (QED) is 0.923. The van der Waals surface area contributed by atoms with E-state index >= 15 is 0 Å². The first-order valence-corrected chi connectivity index (χ1v) is 7.38. The molecule has 0 unspecified atom stereocenters. The van der Waals surface area contributed by atoms with Crippen molar-refractivity contribution < 1.29 is 9.47 Å². The predicted octanol–water partition coefficient (Wildman–Crippen LogP) is 2.10. The van der Waals surface area contributed by atoms with E-state index in [1.807, 2.05) is 6.20 Å². The molecule has 1 fully saturated rings. The van der Waals surface area contributed by atoms with Gasteiger partial charge in [-0.25, -0.2) is 9.50 Å². The number of rotatable bonds is 4. The van der Waals surface area contributed by atoms with Crippen molar-refractivity contribution in [1.82, 2.24) is 14.6 Å². The molecule has 7 heteroatoms. The summed E-state index contributed by atoms with van der Waals surface area (Å²) < 4.78 is 13.8. The Morgan fingerprint density at radius 2 is 2.30 bits per heavy atom. The smallest absolute Gasteiger partial charge is 0.153 e. The first kappa shape index (κ1) is 13.8. The van der Waals surface area contributed by atoms with Crippen molar-refractivity contribution in [2.24, 2.45) is 0 Å². The van der Waals surface area contributed by atoms with Crippen LogP contribution in [0.25, 0.3) is 5.52 Å². The summed E-state index contributed by atoms with van der Waals surface area (Å²) in [5, 5.41) is 7.64. The number of hydrogen-bond donors (Lipinski definition) is 1. The topological polar surface area (TPSA) is 60.7 Å². The fourth-order valence-electron chi connectivity index (χ4n) is 2.48.